The van der Waals surface area contributed by atoms with Gasteiger partial charge in [0, 0.05) is 45.5 Å². The first-order valence-corrected chi connectivity index (χ1v) is 11.2. The van der Waals surface area contributed by atoms with E-state index in [2.05, 4.69) is 88.7 Å². The molecule has 31 heavy (non-hydrogen) atoms. The molecule has 0 bridgehead atoms. The number of hydrogen-bond donors (Lipinski definition) is 2. The fraction of sp³-hybridized carbons (Fsp3) is 0.500. The molecule has 1 aromatic carbocycles. The molecule has 1 aromatic heterocycles. The summed E-state index contributed by atoms with van der Waals surface area (Å²) in [4.78, 5) is 14.3. The highest BCUT2D eigenvalue weighted by Gasteiger charge is 2.16. The van der Waals surface area contributed by atoms with Gasteiger partial charge in [0.1, 0.15) is 5.82 Å². The second-order valence-electron chi connectivity index (χ2n) is 7.83. The molecule has 1 fully saturated rings. The molecule has 7 heteroatoms. The van der Waals surface area contributed by atoms with Gasteiger partial charge in [0.15, 0.2) is 5.96 Å². The number of piperazine rings is 1. The summed E-state index contributed by atoms with van der Waals surface area (Å²) in [7, 11) is 0. The van der Waals surface area contributed by atoms with Crippen LogP contribution >= 0.6 is 24.0 Å². The monoisotopic (exact) mass is 536 g/mol. The van der Waals surface area contributed by atoms with E-state index >= 15 is 0 Å². The van der Waals surface area contributed by atoms with Gasteiger partial charge < -0.3 is 20.4 Å². The quantitative estimate of drug-likeness (QED) is 0.306. The van der Waals surface area contributed by atoms with Gasteiger partial charge in [-0.2, -0.15) is 0 Å². The number of pyridine rings is 1. The molecule has 2 N–H and O–H groups in total. The van der Waals surface area contributed by atoms with Crippen LogP contribution < -0.4 is 15.5 Å². The predicted molar refractivity (Wildman–Crippen MR) is 142 cm³/mol. The first-order chi connectivity index (χ1) is 14.7. The second kappa shape index (κ2) is 13.5. The summed E-state index contributed by atoms with van der Waals surface area (Å²) in [5.74, 6) is 2.34. The molecule has 170 valence electrons. The van der Waals surface area contributed by atoms with E-state index in [9.17, 15) is 0 Å². The van der Waals surface area contributed by atoms with Crippen molar-refractivity contribution in [2.45, 2.75) is 33.2 Å². The molecule has 1 aliphatic rings. The number of halogens is 1. The van der Waals surface area contributed by atoms with E-state index in [1.807, 2.05) is 6.20 Å². The minimum absolute atomic E-state index is 0. The normalized spacial score (nSPS) is 15.8. The lowest BCUT2D eigenvalue weighted by Gasteiger charge is -2.34. The number of likely N-dealkylation sites (N-methyl/N-ethyl adjacent to an activating group) is 1. The first-order valence-electron chi connectivity index (χ1n) is 11.2. The third kappa shape index (κ3) is 7.96. The van der Waals surface area contributed by atoms with Gasteiger partial charge in [-0.3, -0.25) is 0 Å². The van der Waals surface area contributed by atoms with Crippen LogP contribution in [0.3, 0.4) is 0 Å². The summed E-state index contributed by atoms with van der Waals surface area (Å²) >= 11 is 0. The zero-order chi connectivity index (χ0) is 21.2. The zero-order valence-corrected chi connectivity index (χ0v) is 21.4. The Kier molecular flexibility index (Phi) is 11.1. The summed E-state index contributed by atoms with van der Waals surface area (Å²) in [6, 6.07) is 14.8. The van der Waals surface area contributed by atoms with Crippen LogP contribution in [0.5, 0.6) is 0 Å². The third-order valence-electron chi connectivity index (χ3n) is 5.66. The second-order valence-corrected chi connectivity index (χ2v) is 7.83. The molecule has 0 amide bonds. The number of aliphatic imine (C=N–C) groups is 1. The summed E-state index contributed by atoms with van der Waals surface area (Å²) in [6.07, 6.45) is 1.91. The summed E-state index contributed by atoms with van der Waals surface area (Å²) in [6.45, 7) is 14.3. The largest absolute Gasteiger partial charge is 0.357 e. The van der Waals surface area contributed by atoms with Crippen LogP contribution in [0.4, 0.5) is 5.82 Å². The van der Waals surface area contributed by atoms with Gasteiger partial charge in [-0.15, -0.1) is 24.0 Å². The van der Waals surface area contributed by atoms with Crippen LogP contribution in [-0.2, 0) is 6.54 Å². The molecule has 1 saturated heterocycles. The topological polar surface area (TPSA) is 55.8 Å². The lowest BCUT2D eigenvalue weighted by molar-refractivity contribution is 0.270. The molecule has 3 rings (SSSR count). The van der Waals surface area contributed by atoms with Crippen molar-refractivity contribution in [3.05, 3.63) is 59.8 Å². The van der Waals surface area contributed by atoms with E-state index in [-0.39, 0.29) is 24.0 Å². The van der Waals surface area contributed by atoms with Crippen LogP contribution in [0.2, 0.25) is 0 Å². The SMILES string of the molecule is CCNC(=NCc1ccnc(N2CCN(CC)CC2)c1)NCC(C)c1ccccc1.I. The molecule has 6 nitrogen and oxygen atoms in total. The van der Waals surface area contributed by atoms with Crippen molar-refractivity contribution in [3.63, 3.8) is 0 Å². The van der Waals surface area contributed by atoms with Gasteiger partial charge in [-0.1, -0.05) is 44.2 Å². The van der Waals surface area contributed by atoms with Crippen LogP contribution in [0.15, 0.2) is 53.7 Å². The summed E-state index contributed by atoms with van der Waals surface area (Å²) < 4.78 is 0. The van der Waals surface area contributed by atoms with Gasteiger partial charge >= 0.3 is 0 Å². The molecule has 1 unspecified atom stereocenters. The number of guanidine groups is 1. The van der Waals surface area contributed by atoms with Crippen LogP contribution in [-0.4, -0.2) is 61.7 Å². The van der Waals surface area contributed by atoms with E-state index in [1.165, 1.54) is 11.1 Å². The van der Waals surface area contributed by atoms with Crippen LogP contribution in [0.25, 0.3) is 0 Å². The smallest absolute Gasteiger partial charge is 0.191 e. The van der Waals surface area contributed by atoms with Gasteiger partial charge in [0.25, 0.3) is 0 Å². The molecular formula is C24H37IN6. The van der Waals surface area contributed by atoms with Crippen molar-refractivity contribution in [1.29, 1.82) is 0 Å². The highest BCUT2D eigenvalue weighted by Crippen LogP contribution is 2.16. The van der Waals surface area contributed by atoms with E-state index in [4.69, 9.17) is 4.99 Å². The van der Waals surface area contributed by atoms with Crippen LogP contribution in [0, 0.1) is 0 Å². The Labute approximate surface area is 204 Å². The van der Waals surface area contributed by atoms with E-state index in [1.54, 1.807) is 0 Å². The van der Waals surface area contributed by atoms with Crippen molar-refractivity contribution < 1.29 is 0 Å². The Morgan fingerprint density at radius 3 is 2.48 bits per heavy atom. The lowest BCUT2D eigenvalue weighted by Crippen LogP contribution is -2.46. The fourth-order valence-corrected chi connectivity index (χ4v) is 3.69. The number of nitrogens with one attached hydrogen (secondary N) is 2. The molecule has 0 saturated carbocycles. The van der Waals surface area contributed by atoms with E-state index < -0.39 is 0 Å². The van der Waals surface area contributed by atoms with Crippen molar-refractivity contribution >= 4 is 35.8 Å². The highest BCUT2D eigenvalue weighted by molar-refractivity contribution is 14.0. The Balaban J connectivity index is 0.00000341. The third-order valence-corrected chi connectivity index (χ3v) is 5.66. The van der Waals surface area contributed by atoms with Gasteiger partial charge in [0.05, 0.1) is 6.54 Å². The lowest BCUT2D eigenvalue weighted by atomic mass is 10.0. The van der Waals surface area contributed by atoms with Crippen molar-refractivity contribution in [1.82, 2.24) is 20.5 Å². The van der Waals surface area contributed by atoms with Crippen LogP contribution in [0.1, 0.15) is 37.8 Å². The highest BCUT2D eigenvalue weighted by atomic mass is 127. The summed E-state index contributed by atoms with van der Waals surface area (Å²) in [5.41, 5.74) is 2.52. The zero-order valence-electron chi connectivity index (χ0n) is 19.1. The van der Waals surface area contributed by atoms with Gasteiger partial charge in [-0.25, -0.2) is 9.98 Å². The maximum Gasteiger partial charge on any atom is 0.191 e. The van der Waals surface area contributed by atoms with Crippen molar-refractivity contribution in [2.75, 3.05) is 50.7 Å². The fourth-order valence-electron chi connectivity index (χ4n) is 3.69. The number of benzene rings is 1. The Bertz CT molecular complexity index is 790. The minimum Gasteiger partial charge on any atom is -0.357 e. The average Bonchev–Trinajstić information content (AvgIpc) is 2.81. The Hall–Kier alpha value is -1.87. The summed E-state index contributed by atoms with van der Waals surface area (Å²) in [5, 5.41) is 6.84. The number of aromatic nitrogens is 1. The molecule has 2 aromatic rings. The molecule has 2 heterocycles. The van der Waals surface area contributed by atoms with E-state index in [0.29, 0.717) is 12.5 Å². The first kappa shape index (κ1) is 25.4. The molecule has 0 aliphatic carbocycles. The number of anilines is 1. The molecule has 0 spiro atoms. The average molecular weight is 537 g/mol. The molecular weight excluding hydrogens is 499 g/mol. The van der Waals surface area contributed by atoms with Crippen molar-refractivity contribution in [3.8, 4) is 0 Å². The maximum atomic E-state index is 4.80. The number of rotatable bonds is 8. The maximum absolute atomic E-state index is 4.80. The predicted octanol–water partition coefficient (Wildman–Crippen LogP) is 3.70. The Morgan fingerprint density at radius 1 is 1.06 bits per heavy atom. The number of nitrogens with zero attached hydrogens (tertiary/aromatic N) is 4. The number of hydrogen-bond acceptors (Lipinski definition) is 4. The molecule has 1 aliphatic heterocycles. The van der Waals surface area contributed by atoms with Crippen molar-refractivity contribution in [2.24, 2.45) is 4.99 Å². The minimum atomic E-state index is 0. The molecule has 0 radical (unpaired) electrons. The van der Waals surface area contributed by atoms with Gasteiger partial charge in [-0.05, 0) is 42.6 Å². The standard InChI is InChI=1S/C24H36N6.HI/c1-4-25-24(27-18-20(3)22-9-7-6-8-10-22)28-19-21-11-12-26-23(17-21)30-15-13-29(5-2)14-16-30;/h6-12,17,20H,4-5,13-16,18-19H2,1-3H3,(H2,25,27,28);1H. The Morgan fingerprint density at radius 2 is 1.81 bits per heavy atom. The van der Waals surface area contributed by atoms with Gasteiger partial charge in [0.2, 0.25) is 0 Å². The molecule has 1 atom stereocenters. The van der Waals surface area contributed by atoms with E-state index in [0.717, 1.165) is 57.6 Å².